The summed E-state index contributed by atoms with van der Waals surface area (Å²) in [4.78, 5) is 18.3. The van der Waals surface area contributed by atoms with Crippen LogP contribution in [0.2, 0.25) is 0 Å². The van der Waals surface area contributed by atoms with Crippen LogP contribution >= 0.6 is 11.3 Å². The number of hydrogen-bond acceptors (Lipinski definition) is 7. The molecule has 2 fully saturated rings. The van der Waals surface area contributed by atoms with Gasteiger partial charge in [-0.15, -0.1) is 0 Å². The van der Waals surface area contributed by atoms with Gasteiger partial charge in [-0.05, 0) is 67.2 Å². The lowest BCUT2D eigenvalue weighted by atomic mass is 9.90. The Balaban J connectivity index is 1.06. The van der Waals surface area contributed by atoms with Gasteiger partial charge in [-0.25, -0.2) is 18.6 Å². The Kier molecular flexibility index (Phi) is 6.24. The molecule has 3 heterocycles. The highest BCUT2D eigenvalue weighted by Crippen LogP contribution is 2.45. The molecule has 3 aliphatic rings. The largest absolute Gasteiger partial charge is 0.478 e. The topological polar surface area (TPSA) is 88.7 Å². The number of aromatic carboxylic acids is 1. The Morgan fingerprint density at radius 2 is 2.00 bits per heavy atom. The Labute approximate surface area is 232 Å². The van der Waals surface area contributed by atoms with E-state index in [0.717, 1.165) is 47.7 Å². The van der Waals surface area contributed by atoms with Crippen molar-refractivity contribution < 1.29 is 27.9 Å². The van der Waals surface area contributed by atoms with Crippen LogP contribution < -0.4 is 4.90 Å². The van der Waals surface area contributed by atoms with Gasteiger partial charge in [0.2, 0.25) is 0 Å². The summed E-state index contributed by atoms with van der Waals surface area (Å²) < 4.78 is 41.9. The minimum atomic E-state index is -0.947. The van der Waals surface area contributed by atoms with Crippen LogP contribution in [0.15, 0.2) is 64.2 Å². The molecule has 0 bridgehead atoms. The summed E-state index contributed by atoms with van der Waals surface area (Å²) in [5.74, 6) is -1.42. The van der Waals surface area contributed by atoms with E-state index >= 15 is 0 Å². The molecule has 0 amide bonds. The zero-order valence-corrected chi connectivity index (χ0v) is 22.2. The molecule has 7 nitrogen and oxygen atoms in total. The van der Waals surface area contributed by atoms with E-state index in [-0.39, 0.29) is 35.4 Å². The summed E-state index contributed by atoms with van der Waals surface area (Å²) in [7, 11) is 0. The van der Waals surface area contributed by atoms with Crippen molar-refractivity contribution >= 4 is 32.7 Å². The van der Waals surface area contributed by atoms with E-state index in [1.54, 1.807) is 18.2 Å². The van der Waals surface area contributed by atoms with Gasteiger partial charge in [-0.2, -0.15) is 0 Å². The second kappa shape index (κ2) is 9.94. The Morgan fingerprint density at radius 3 is 2.77 bits per heavy atom. The van der Waals surface area contributed by atoms with Gasteiger partial charge in [0.25, 0.3) is 0 Å². The van der Waals surface area contributed by atoms with Gasteiger partial charge >= 0.3 is 5.97 Å². The van der Waals surface area contributed by atoms with Gasteiger partial charge in [-0.1, -0.05) is 34.7 Å². The number of ether oxygens (including phenoxy) is 1. The molecule has 2 aromatic carbocycles. The number of fused-ring (bicyclic) bond motifs is 2. The van der Waals surface area contributed by atoms with Crippen LogP contribution in [0, 0.1) is 11.6 Å². The first-order valence-corrected chi connectivity index (χ1v) is 14.1. The summed E-state index contributed by atoms with van der Waals surface area (Å²) in [5, 5.41) is 14.2. The van der Waals surface area contributed by atoms with Crippen LogP contribution in [0.3, 0.4) is 0 Å². The SMILES string of the molecule is O=C(O)c1ccc2nc(N3CCC4=CC(OCc5c(-c6c(F)cccc6F)noc5C5CC5)CC=C4C3)sc2c1. The molecule has 0 spiro atoms. The predicted octanol–water partition coefficient (Wildman–Crippen LogP) is 6.86. The molecule has 2 aromatic heterocycles. The number of anilines is 1. The fraction of sp³-hybridized carbons (Fsp3) is 0.300. The first-order valence-electron chi connectivity index (χ1n) is 13.3. The summed E-state index contributed by atoms with van der Waals surface area (Å²) in [5.41, 5.74) is 4.14. The van der Waals surface area contributed by atoms with Crippen molar-refractivity contribution in [3.63, 3.8) is 0 Å². The van der Waals surface area contributed by atoms with Gasteiger partial charge in [0.05, 0.1) is 34.1 Å². The maximum Gasteiger partial charge on any atom is 0.335 e. The maximum absolute atomic E-state index is 14.6. The molecule has 1 saturated heterocycles. The number of nitrogens with zero attached hydrogens (tertiary/aromatic N) is 3. The van der Waals surface area contributed by atoms with E-state index < -0.39 is 17.6 Å². The molecule has 4 aromatic rings. The molecule has 2 aliphatic carbocycles. The van der Waals surface area contributed by atoms with Crippen LogP contribution in [0.5, 0.6) is 0 Å². The second-order valence-electron chi connectivity index (χ2n) is 10.4. The Hall–Kier alpha value is -3.89. The number of carboxylic acids is 1. The fourth-order valence-corrected chi connectivity index (χ4v) is 6.47. The molecule has 1 N–H and O–H groups in total. The van der Waals surface area contributed by atoms with Crippen LogP contribution in [-0.2, 0) is 11.3 Å². The lowest BCUT2D eigenvalue weighted by Gasteiger charge is -2.33. The van der Waals surface area contributed by atoms with Gasteiger partial charge in [0.1, 0.15) is 23.1 Å². The third-order valence-electron chi connectivity index (χ3n) is 7.71. The monoisotopic (exact) mass is 561 g/mol. The number of thiazole rings is 1. The highest BCUT2D eigenvalue weighted by atomic mass is 32.1. The highest BCUT2D eigenvalue weighted by Gasteiger charge is 2.34. The summed E-state index contributed by atoms with van der Waals surface area (Å²) in [6.45, 7) is 1.67. The number of benzene rings is 2. The number of rotatable bonds is 7. The van der Waals surface area contributed by atoms with Crippen molar-refractivity contribution in [2.24, 2.45) is 0 Å². The smallest absolute Gasteiger partial charge is 0.335 e. The van der Waals surface area contributed by atoms with Crippen molar-refractivity contribution in [1.82, 2.24) is 10.1 Å². The molecule has 1 unspecified atom stereocenters. The molecule has 0 radical (unpaired) electrons. The number of carbonyl (C=O) groups is 1. The van der Waals surface area contributed by atoms with E-state index in [9.17, 15) is 18.7 Å². The average molecular weight is 562 g/mol. The number of hydrogen-bond donors (Lipinski definition) is 1. The molecule has 1 atom stereocenters. The standard InChI is InChI=1S/C30H25F2N3O4S/c31-22-2-1-3-23(32)26(22)27-21(28(39-34-27)16-4-5-16)15-38-20-8-6-19-14-35(11-10-17(19)12-20)30-33-24-9-7-18(29(36)37)13-25(24)40-30/h1-3,6-7,9,12-13,16,20H,4-5,8,10-11,14-15H2,(H,36,37). The Morgan fingerprint density at radius 1 is 1.18 bits per heavy atom. The molecular formula is C30H25F2N3O4S. The summed E-state index contributed by atoms with van der Waals surface area (Å²) in [6, 6.07) is 8.79. The molecule has 1 aliphatic heterocycles. The van der Waals surface area contributed by atoms with Crippen molar-refractivity contribution in [1.29, 1.82) is 0 Å². The number of carboxylic acid groups (broad SMARTS) is 1. The van der Waals surface area contributed by atoms with E-state index in [2.05, 4.69) is 22.2 Å². The quantitative estimate of drug-likeness (QED) is 0.264. The molecule has 40 heavy (non-hydrogen) atoms. The lowest BCUT2D eigenvalue weighted by molar-refractivity contribution is 0.0696. The fourth-order valence-electron chi connectivity index (χ4n) is 5.44. The molecule has 10 heteroatoms. The van der Waals surface area contributed by atoms with E-state index in [1.165, 1.54) is 40.7 Å². The van der Waals surface area contributed by atoms with Crippen LogP contribution in [-0.4, -0.2) is 40.4 Å². The molecule has 7 rings (SSSR count). The van der Waals surface area contributed by atoms with E-state index in [0.29, 0.717) is 17.7 Å². The normalized spacial score (nSPS) is 18.9. The van der Waals surface area contributed by atoms with Gasteiger partial charge in [0, 0.05) is 24.6 Å². The summed E-state index contributed by atoms with van der Waals surface area (Å²) >= 11 is 1.50. The van der Waals surface area contributed by atoms with Crippen molar-refractivity contribution in [2.45, 2.75) is 44.3 Å². The van der Waals surface area contributed by atoms with Gasteiger partial charge in [0.15, 0.2) is 5.13 Å². The zero-order chi connectivity index (χ0) is 27.4. The number of halogens is 2. The Bertz CT molecular complexity index is 1680. The molecule has 1 saturated carbocycles. The van der Waals surface area contributed by atoms with Crippen LogP contribution in [0.4, 0.5) is 13.9 Å². The first-order chi connectivity index (χ1) is 19.4. The predicted molar refractivity (Wildman–Crippen MR) is 147 cm³/mol. The van der Waals surface area contributed by atoms with E-state index in [4.69, 9.17) is 14.2 Å². The van der Waals surface area contributed by atoms with Crippen molar-refractivity contribution in [3.05, 3.63) is 88.2 Å². The third-order valence-corrected chi connectivity index (χ3v) is 8.79. The first kappa shape index (κ1) is 25.1. The van der Waals surface area contributed by atoms with Crippen LogP contribution in [0.25, 0.3) is 21.5 Å². The zero-order valence-electron chi connectivity index (χ0n) is 21.4. The van der Waals surface area contributed by atoms with Crippen LogP contribution in [0.1, 0.15) is 53.3 Å². The van der Waals surface area contributed by atoms with Crippen molar-refractivity contribution in [3.8, 4) is 11.3 Å². The minimum absolute atomic E-state index is 0.159. The van der Waals surface area contributed by atoms with Gasteiger partial charge in [-0.3, -0.25) is 0 Å². The molecular weight excluding hydrogens is 536 g/mol. The van der Waals surface area contributed by atoms with Gasteiger partial charge < -0.3 is 19.3 Å². The highest BCUT2D eigenvalue weighted by molar-refractivity contribution is 7.22. The number of aromatic nitrogens is 2. The van der Waals surface area contributed by atoms with E-state index in [1.807, 2.05) is 0 Å². The second-order valence-corrected chi connectivity index (χ2v) is 11.4. The lowest BCUT2D eigenvalue weighted by Crippen LogP contribution is -2.33. The average Bonchev–Trinajstić information content (AvgIpc) is 3.57. The third kappa shape index (κ3) is 4.61. The molecule has 204 valence electrons. The summed E-state index contributed by atoms with van der Waals surface area (Å²) in [6.07, 6.45) is 7.62. The maximum atomic E-state index is 14.6. The van der Waals surface area contributed by atoms with Crippen molar-refractivity contribution in [2.75, 3.05) is 18.0 Å². The minimum Gasteiger partial charge on any atom is -0.478 e. The number of piperidine rings is 1.